The number of hydrogen-bond acceptors (Lipinski definition) is 5. The van der Waals surface area contributed by atoms with Crippen LogP contribution in [-0.2, 0) is 14.9 Å². The van der Waals surface area contributed by atoms with Crippen LogP contribution in [0.2, 0.25) is 0 Å². The molecule has 0 fully saturated rings. The van der Waals surface area contributed by atoms with E-state index in [0.29, 0.717) is 35.3 Å². The van der Waals surface area contributed by atoms with Gasteiger partial charge in [-0.2, -0.15) is 5.26 Å². The van der Waals surface area contributed by atoms with Gasteiger partial charge in [-0.1, -0.05) is 43.3 Å². The van der Waals surface area contributed by atoms with Crippen molar-refractivity contribution >= 4 is 22.3 Å². The Bertz CT molecular complexity index is 1180. The molecule has 1 aliphatic heterocycles. The highest BCUT2D eigenvalue weighted by Gasteiger charge is 2.59. The van der Waals surface area contributed by atoms with Crippen LogP contribution in [0.4, 0.5) is 0 Å². The Balaban J connectivity index is 1.96. The molecule has 2 unspecified atom stereocenters. The van der Waals surface area contributed by atoms with Crippen LogP contribution in [0.15, 0.2) is 59.2 Å². The minimum atomic E-state index is -1.49. The van der Waals surface area contributed by atoms with Crippen molar-refractivity contribution in [2.24, 2.45) is 11.7 Å². The predicted octanol–water partition coefficient (Wildman–Crippen LogP) is 3.25. The molecule has 2 aromatic rings. The lowest BCUT2D eigenvalue weighted by molar-refractivity contribution is -0.117. The van der Waals surface area contributed by atoms with Crippen LogP contribution in [0.25, 0.3) is 10.8 Å². The van der Waals surface area contributed by atoms with E-state index >= 15 is 0 Å². The van der Waals surface area contributed by atoms with E-state index in [4.69, 9.17) is 10.5 Å². The van der Waals surface area contributed by atoms with E-state index in [1.54, 1.807) is 6.07 Å². The molecule has 5 nitrogen and oxygen atoms in total. The molecular weight excluding hydrogens is 340 g/mol. The Labute approximate surface area is 155 Å². The summed E-state index contributed by atoms with van der Waals surface area (Å²) in [6.45, 7) is 1.96. The zero-order valence-electron chi connectivity index (χ0n) is 14.7. The summed E-state index contributed by atoms with van der Waals surface area (Å²) in [5, 5.41) is 11.6. The second-order valence-electron chi connectivity index (χ2n) is 7.48. The molecule has 2 aliphatic carbocycles. The highest BCUT2D eigenvalue weighted by molar-refractivity contribution is 6.27. The Kier molecular flexibility index (Phi) is 2.98. The van der Waals surface area contributed by atoms with Gasteiger partial charge in [0.1, 0.15) is 22.8 Å². The molecule has 0 aromatic heterocycles. The normalized spacial score (nSPS) is 26.4. The quantitative estimate of drug-likeness (QED) is 0.782. The maximum Gasteiger partial charge on any atom is 0.205 e. The van der Waals surface area contributed by atoms with Crippen molar-refractivity contribution in [2.75, 3.05) is 0 Å². The second-order valence-corrected chi connectivity index (χ2v) is 7.48. The van der Waals surface area contributed by atoms with Crippen molar-refractivity contribution in [2.45, 2.75) is 25.2 Å². The first-order valence-corrected chi connectivity index (χ1v) is 8.92. The largest absolute Gasteiger partial charge is 0.444 e. The Morgan fingerprint density at radius 1 is 1.19 bits per heavy atom. The average Bonchev–Trinajstić information content (AvgIpc) is 2.87. The van der Waals surface area contributed by atoms with Gasteiger partial charge in [0.15, 0.2) is 11.6 Å². The van der Waals surface area contributed by atoms with Crippen molar-refractivity contribution in [1.82, 2.24) is 0 Å². The third-order valence-electron chi connectivity index (χ3n) is 5.86. The van der Waals surface area contributed by atoms with Crippen molar-refractivity contribution in [3.63, 3.8) is 0 Å². The van der Waals surface area contributed by atoms with Crippen LogP contribution in [0.1, 0.15) is 35.7 Å². The number of allylic oxidation sites excluding steroid dienone is 3. The molecule has 2 N–H and O–H groups in total. The number of ether oxygens (including phenoxy) is 1. The minimum Gasteiger partial charge on any atom is -0.444 e. The molecule has 0 saturated heterocycles. The Morgan fingerprint density at radius 3 is 2.67 bits per heavy atom. The Morgan fingerprint density at radius 2 is 1.93 bits per heavy atom. The first kappa shape index (κ1) is 15.8. The van der Waals surface area contributed by atoms with Gasteiger partial charge in [-0.25, -0.2) is 0 Å². The summed E-state index contributed by atoms with van der Waals surface area (Å²) >= 11 is 0. The number of rotatable bonds is 0. The monoisotopic (exact) mass is 356 g/mol. The summed E-state index contributed by atoms with van der Waals surface area (Å²) in [4.78, 5) is 26.9. The van der Waals surface area contributed by atoms with E-state index in [1.165, 1.54) is 0 Å². The van der Waals surface area contributed by atoms with Crippen molar-refractivity contribution in [1.29, 1.82) is 5.26 Å². The van der Waals surface area contributed by atoms with E-state index in [9.17, 15) is 14.9 Å². The lowest BCUT2D eigenvalue weighted by Gasteiger charge is -2.39. The van der Waals surface area contributed by atoms with Crippen molar-refractivity contribution in [3.8, 4) is 6.07 Å². The van der Waals surface area contributed by atoms with Crippen molar-refractivity contribution in [3.05, 3.63) is 70.3 Å². The molecule has 1 heterocycles. The van der Waals surface area contributed by atoms with Gasteiger partial charge in [-0.05, 0) is 22.3 Å². The fraction of sp³-hybridized carbons (Fsp3) is 0.227. The predicted molar refractivity (Wildman–Crippen MR) is 98.3 cm³/mol. The first-order chi connectivity index (χ1) is 13.0. The zero-order valence-corrected chi connectivity index (χ0v) is 14.7. The minimum absolute atomic E-state index is 0.0119. The lowest BCUT2D eigenvalue weighted by Crippen LogP contribution is -2.46. The van der Waals surface area contributed by atoms with E-state index in [2.05, 4.69) is 6.07 Å². The smallest absolute Gasteiger partial charge is 0.205 e. The molecule has 5 rings (SSSR count). The number of Topliss-reactive ketones (excluding diaryl/α,β-unsaturated/α-hetero) is 2. The van der Waals surface area contributed by atoms with Gasteiger partial charge in [-0.15, -0.1) is 0 Å². The molecule has 132 valence electrons. The zero-order chi connectivity index (χ0) is 18.9. The van der Waals surface area contributed by atoms with Gasteiger partial charge in [0.05, 0.1) is 5.57 Å². The SMILES string of the molecule is CC1CC(=O)C2=C(C1)OC(N)=C(C#N)C21C(=O)c2cccc3cccc1c23. The molecule has 2 aromatic carbocycles. The molecule has 3 aliphatic rings. The number of hydrogen-bond donors (Lipinski definition) is 1. The summed E-state index contributed by atoms with van der Waals surface area (Å²) in [5.41, 5.74) is 6.08. The first-order valence-electron chi connectivity index (χ1n) is 8.92. The van der Waals surface area contributed by atoms with Gasteiger partial charge in [0, 0.05) is 18.4 Å². The third kappa shape index (κ3) is 1.73. The van der Waals surface area contributed by atoms with E-state index in [1.807, 2.05) is 37.3 Å². The third-order valence-corrected chi connectivity index (χ3v) is 5.86. The number of fused-ring (bicyclic) bond motifs is 2. The van der Waals surface area contributed by atoms with Gasteiger partial charge in [-0.3, -0.25) is 9.59 Å². The van der Waals surface area contributed by atoms with E-state index < -0.39 is 5.41 Å². The molecule has 27 heavy (non-hydrogen) atoms. The summed E-state index contributed by atoms with van der Waals surface area (Å²) in [6.07, 6.45) is 0.837. The number of carbonyl (C=O) groups excluding carboxylic acids is 2. The van der Waals surface area contributed by atoms with Crippen LogP contribution < -0.4 is 5.73 Å². The lowest BCUT2D eigenvalue weighted by atomic mass is 9.63. The molecule has 2 atom stereocenters. The van der Waals surface area contributed by atoms with Crippen LogP contribution in [0.3, 0.4) is 0 Å². The molecule has 0 radical (unpaired) electrons. The number of ketones is 2. The maximum absolute atomic E-state index is 13.8. The molecule has 1 spiro atoms. The van der Waals surface area contributed by atoms with Gasteiger partial charge in [0.2, 0.25) is 5.88 Å². The maximum atomic E-state index is 13.8. The van der Waals surface area contributed by atoms with Gasteiger partial charge < -0.3 is 10.5 Å². The highest BCUT2D eigenvalue weighted by Crippen LogP contribution is 2.56. The Hall–Kier alpha value is -3.39. The number of nitrogens with two attached hydrogens (primary N) is 1. The second kappa shape index (κ2) is 5.08. The van der Waals surface area contributed by atoms with E-state index in [0.717, 1.165) is 10.8 Å². The van der Waals surface area contributed by atoms with Crippen molar-refractivity contribution < 1.29 is 14.3 Å². The van der Waals surface area contributed by atoms with Gasteiger partial charge >= 0.3 is 0 Å². The molecule has 5 heteroatoms. The molecule has 0 bridgehead atoms. The fourth-order valence-electron chi connectivity index (χ4n) is 4.87. The van der Waals surface area contributed by atoms with Crippen LogP contribution in [-0.4, -0.2) is 11.6 Å². The topological polar surface area (TPSA) is 93.2 Å². The number of nitrogens with zero attached hydrogens (tertiary/aromatic N) is 1. The molecular formula is C22H16N2O3. The van der Waals surface area contributed by atoms with E-state index in [-0.39, 0.29) is 28.9 Å². The fourth-order valence-corrected chi connectivity index (χ4v) is 4.87. The number of carbonyl (C=O) groups is 2. The molecule has 0 saturated carbocycles. The summed E-state index contributed by atoms with van der Waals surface area (Å²) in [5.74, 6) is 0.0128. The summed E-state index contributed by atoms with van der Waals surface area (Å²) < 4.78 is 5.71. The number of nitriles is 1. The van der Waals surface area contributed by atoms with Crippen LogP contribution in [0.5, 0.6) is 0 Å². The van der Waals surface area contributed by atoms with Gasteiger partial charge in [0.25, 0.3) is 0 Å². The highest BCUT2D eigenvalue weighted by atomic mass is 16.5. The van der Waals surface area contributed by atoms with Crippen LogP contribution >= 0.6 is 0 Å². The molecule has 0 amide bonds. The average molecular weight is 356 g/mol. The number of benzene rings is 2. The van der Waals surface area contributed by atoms with Crippen LogP contribution in [0, 0.1) is 17.2 Å². The standard InChI is InChI=1S/C22H16N2O3/c1-11-8-16(25)19-17(9-11)27-21(24)15(10-23)22(19)14-7-3-5-12-4-2-6-13(18(12)14)20(22)26/h2-7,11H,8-9,24H2,1H3. The summed E-state index contributed by atoms with van der Waals surface area (Å²) in [6, 6.07) is 13.2. The summed E-state index contributed by atoms with van der Waals surface area (Å²) in [7, 11) is 0.